The average molecular weight is 141 g/mol. The van der Waals surface area contributed by atoms with Crippen molar-refractivity contribution in [3.63, 3.8) is 0 Å². The first-order valence-electron chi connectivity index (χ1n) is 3.38. The minimum atomic E-state index is -0.668. The van der Waals surface area contributed by atoms with Crippen molar-refractivity contribution in [2.24, 2.45) is 0 Å². The van der Waals surface area contributed by atoms with Crippen molar-refractivity contribution >= 4 is 0 Å². The standard InChI is InChI=1S/C8H15NO/c1-7(2,3)10-8(4,5)6-9/h1-5H3. The molecule has 2 heteroatoms. The number of nitriles is 1. The van der Waals surface area contributed by atoms with E-state index in [1.807, 2.05) is 20.8 Å². The Labute approximate surface area is 62.8 Å². The summed E-state index contributed by atoms with van der Waals surface area (Å²) in [6.45, 7) is 9.33. The second-order valence-electron chi connectivity index (χ2n) is 3.84. The van der Waals surface area contributed by atoms with Gasteiger partial charge in [0, 0.05) is 0 Å². The van der Waals surface area contributed by atoms with Gasteiger partial charge < -0.3 is 4.74 Å². The second kappa shape index (κ2) is 2.59. The Balaban J connectivity index is 4.05. The summed E-state index contributed by atoms with van der Waals surface area (Å²) in [5.74, 6) is 0. The molecular weight excluding hydrogens is 126 g/mol. The van der Waals surface area contributed by atoms with Crippen molar-refractivity contribution in [2.75, 3.05) is 0 Å². The van der Waals surface area contributed by atoms with E-state index in [9.17, 15) is 0 Å². The summed E-state index contributed by atoms with van der Waals surface area (Å²) in [7, 11) is 0. The highest BCUT2D eigenvalue weighted by Crippen LogP contribution is 2.18. The number of ether oxygens (including phenoxy) is 1. The van der Waals surface area contributed by atoms with Crippen molar-refractivity contribution in [3.8, 4) is 6.07 Å². The Hall–Kier alpha value is -0.550. The van der Waals surface area contributed by atoms with Gasteiger partial charge >= 0.3 is 0 Å². The Morgan fingerprint density at radius 2 is 1.50 bits per heavy atom. The molecule has 0 amide bonds. The molecule has 0 aromatic carbocycles. The summed E-state index contributed by atoms with van der Waals surface area (Å²) in [5.41, 5.74) is -0.905. The summed E-state index contributed by atoms with van der Waals surface area (Å²) >= 11 is 0. The Bertz CT molecular complexity index is 148. The molecule has 0 aromatic rings. The van der Waals surface area contributed by atoms with E-state index in [-0.39, 0.29) is 5.60 Å². The van der Waals surface area contributed by atoms with Crippen LogP contribution in [-0.4, -0.2) is 11.2 Å². The van der Waals surface area contributed by atoms with Gasteiger partial charge in [-0.15, -0.1) is 0 Å². The molecule has 0 rings (SSSR count). The van der Waals surface area contributed by atoms with Crippen LogP contribution in [0.5, 0.6) is 0 Å². The van der Waals surface area contributed by atoms with Gasteiger partial charge in [-0.05, 0) is 34.6 Å². The SMILES string of the molecule is CC(C)(C)OC(C)(C)C#N. The van der Waals surface area contributed by atoms with Crippen molar-refractivity contribution < 1.29 is 4.74 Å². The molecule has 0 aliphatic rings. The first-order chi connectivity index (χ1) is 4.27. The lowest BCUT2D eigenvalue weighted by Gasteiger charge is -2.27. The molecule has 0 bridgehead atoms. The van der Waals surface area contributed by atoms with Crippen LogP contribution in [0.4, 0.5) is 0 Å². The topological polar surface area (TPSA) is 33.0 Å². The fourth-order valence-corrected chi connectivity index (χ4v) is 0.788. The molecule has 0 radical (unpaired) electrons. The van der Waals surface area contributed by atoms with Gasteiger partial charge in [-0.2, -0.15) is 5.26 Å². The van der Waals surface area contributed by atoms with E-state index in [1.165, 1.54) is 0 Å². The van der Waals surface area contributed by atoms with E-state index in [0.717, 1.165) is 0 Å². The van der Waals surface area contributed by atoms with Crippen LogP contribution in [0.2, 0.25) is 0 Å². The highest BCUT2D eigenvalue weighted by atomic mass is 16.5. The van der Waals surface area contributed by atoms with E-state index in [1.54, 1.807) is 13.8 Å². The average Bonchev–Trinajstić information content (AvgIpc) is 1.60. The molecule has 58 valence electrons. The maximum atomic E-state index is 8.58. The highest BCUT2D eigenvalue weighted by Gasteiger charge is 2.24. The van der Waals surface area contributed by atoms with Gasteiger partial charge in [0.25, 0.3) is 0 Å². The van der Waals surface area contributed by atoms with Crippen molar-refractivity contribution in [2.45, 2.75) is 45.8 Å². The minimum Gasteiger partial charge on any atom is -0.355 e. The summed E-state index contributed by atoms with van der Waals surface area (Å²) in [6, 6.07) is 2.08. The molecule has 0 aliphatic carbocycles. The molecule has 0 heterocycles. The number of rotatable bonds is 1. The van der Waals surface area contributed by atoms with Crippen LogP contribution < -0.4 is 0 Å². The number of hydrogen-bond acceptors (Lipinski definition) is 2. The van der Waals surface area contributed by atoms with Gasteiger partial charge in [0.2, 0.25) is 0 Å². The lowest BCUT2D eigenvalue weighted by atomic mass is 10.1. The van der Waals surface area contributed by atoms with Crippen molar-refractivity contribution in [1.82, 2.24) is 0 Å². The monoisotopic (exact) mass is 141 g/mol. The molecule has 2 nitrogen and oxygen atoms in total. The molecule has 0 atom stereocenters. The molecule has 0 fully saturated rings. The normalized spacial score (nSPS) is 12.8. The van der Waals surface area contributed by atoms with Crippen LogP contribution >= 0.6 is 0 Å². The summed E-state index contributed by atoms with van der Waals surface area (Å²) in [4.78, 5) is 0. The van der Waals surface area contributed by atoms with Gasteiger partial charge in [-0.1, -0.05) is 0 Å². The van der Waals surface area contributed by atoms with E-state index in [4.69, 9.17) is 10.00 Å². The lowest BCUT2D eigenvalue weighted by molar-refractivity contribution is -0.0812. The molecular formula is C8H15NO. The predicted octanol–water partition coefficient (Wildman–Crippen LogP) is 2.10. The van der Waals surface area contributed by atoms with Gasteiger partial charge in [-0.3, -0.25) is 0 Å². The maximum Gasteiger partial charge on any atom is 0.149 e. The zero-order valence-corrected chi connectivity index (χ0v) is 7.36. The third kappa shape index (κ3) is 4.34. The fraction of sp³-hybridized carbons (Fsp3) is 0.875. The first kappa shape index (κ1) is 9.45. The molecule has 0 unspecified atom stereocenters. The Morgan fingerprint density at radius 1 is 1.10 bits per heavy atom. The number of hydrogen-bond donors (Lipinski definition) is 0. The molecule has 0 spiro atoms. The molecule has 0 saturated heterocycles. The lowest BCUT2D eigenvalue weighted by Crippen LogP contribution is -2.33. The quantitative estimate of drug-likeness (QED) is 0.560. The summed E-state index contributed by atoms with van der Waals surface area (Å²) < 4.78 is 5.41. The van der Waals surface area contributed by atoms with Crippen molar-refractivity contribution in [1.29, 1.82) is 5.26 Å². The summed E-state index contributed by atoms with van der Waals surface area (Å²) in [6.07, 6.45) is 0. The van der Waals surface area contributed by atoms with E-state index < -0.39 is 5.60 Å². The van der Waals surface area contributed by atoms with Crippen LogP contribution in [0.3, 0.4) is 0 Å². The minimum absolute atomic E-state index is 0.237. The highest BCUT2D eigenvalue weighted by molar-refractivity contribution is 4.95. The summed E-state index contributed by atoms with van der Waals surface area (Å²) in [5, 5.41) is 8.58. The van der Waals surface area contributed by atoms with Crippen LogP contribution in [0.1, 0.15) is 34.6 Å². The third-order valence-corrected chi connectivity index (χ3v) is 0.831. The van der Waals surface area contributed by atoms with Gasteiger partial charge in [0.1, 0.15) is 5.60 Å². The van der Waals surface area contributed by atoms with Crippen LogP contribution in [0, 0.1) is 11.3 Å². The molecule has 0 N–H and O–H groups in total. The van der Waals surface area contributed by atoms with Gasteiger partial charge in [0.05, 0.1) is 11.7 Å². The molecule has 0 saturated carbocycles. The van der Waals surface area contributed by atoms with Gasteiger partial charge in [-0.25, -0.2) is 0 Å². The van der Waals surface area contributed by atoms with Crippen molar-refractivity contribution in [3.05, 3.63) is 0 Å². The van der Waals surface area contributed by atoms with Crippen LogP contribution in [-0.2, 0) is 4.74 Å². The first-order valence-corrected chi connectivity index (χ1v) is 3.38. The number of nitrogens with zero attached hydrogens (tertiary/aromatic N) is 1. The fourth-order valence-electron chi connectivity index (χ4n) is 0.788. The Morgan fingerprint density at radius 3 is 1.60 bits per heavy atom. The zero-order valence-electron chi connectivity index (χ0n) is 7.36. The zero-order chi connectivity index (χ0) is 8.41. The maximum absolute atomic E-state index is 8.58. The third-order valence-electron chi connectivity index (χ3n) is 0.831. The molecule has 0 aliphatic heterocycles. The molecule has 10 heavy (non-hydrogen) atoms. The van der Waals surface area contributed by atoms with E-state index >= 15 is 0 Å². The van der Waals surface area contributed by atoms with Gasteiger partial charge in [0.15, 0.2) is 0 Å². The Kier molecular flexibility index (Phi) is 2.45. The smallest absolute Gasteiger partial charge is 0.149 e. The van der Waals surface area contributed by atoms with E-state index in [2.05, 4.69) is 6.07 Å². The second-order valence-corrected chi connectivity index (χ2v) is 3.84. The van der Waals surface area contributed by atoms with Crippen LogP contribution in [0.15, 0.2) is 0 Å². The van der Waals surface area contributed by atoms with Crippen LogP contribution in [0.25, 0.3) is 0 Å². The molecule has 0 aromatic heterocycles. The van der Waals surface area contributed by atoms with E-state index in [0.29, 0.717) is 0 Å². The predicted molar refractivity (Wildman–Crippen MR) is 40.5 cm³/mol. The largest absolute Gasteiger partial charge is 0.355 e.